The second-order valence-electron chi connectivity index (χ2n) is 4.33. The minimum atomic E-state index is 0.656. The summed E-state index contributed by atoms with van der Waals surface area (Å²) in [7, 11) is 0. The summed E-state index contributed by atoms with van der Waals surface area (Å²) in [5, 5.41) is 3.60. The van der Waals surface area contributed by atoms with Gasteiger partial charge in [0.1, 0.15) is 0 Å². The van der Waals surface area contributed by atoms with Crippen LogP contribution in [-0.2, 0) is 6.54 Å². The summed E-state index contributed by atoms with van der Waals surface area (Å²) >= 11 is 0. The van der Waals surface area contributed by atoms with Crippen LogP contribution >= 0.6 is 0 Å². The van der Waals surface area contributed by atoms with Crippen molar-refractivity contribution in [2.45, 2.75) is 45.7 Å². The molecule has 1 aromatic rings. The standard InChI is InChI=1S/C13H19N/c1-4-12-10(3)13-9(2)6-5-7-11(13)8-14-12/h5-7,10,12,14H,4,8H2,1-3H3. The van der Waals surface area contributed by atoms with Crippen molar-refractivity contribution in [3.63, 3.8) is 0 Å². The third-order valence-corrected chi connectivity index (χ3v) is 3.47. The third-order valence-electron chi connectivity index (χ3n) is 3.47. The molecule has 1 aromatic carbocycles. The van der Waals surface area contributed by atoms with Crippen molar-refractivity contribution >= 4 is 0 Å². The third kappa shape index (κ3) is 1.46. The minimum Gasteiger partial charge on any atom is -0.309 e. The Bertz CT molecular complexity index is 330. The van der Waals surface area contributed by atoms with E-state index >= 15 is 0 Å². The molecule has 0 aliphatic carbocycles. The van der Waals surface area contributed by atoms with Gasteiger partial charge in [-0.2, -0.15) is 0 Å². The summed E-state index contributed by atoms with van der Waals surface area (Å²) < 4.78 is 0. The summed E-state index contributed by atoms with van der Waals surface area (Å²) in [6, 6.07) is 7.29. The molecular weight excluding hydrogens is 170 g/mol. The highest BCUT2D eigenvalue weighted by molar-refractivity contribution is 5.39. The van der Waals surface area contributed by atoms with Crippen molar-refractivity contribution in [1.29, 1.82) is 0 Å². The van der Waals surface area contributed by atoms with Gasteiger partial charge in [-0.1, -0.05) is 32.0 Å². The first-order valence-electron chi connectivity index (χ1n) is 5.55. The molecule has 2 atom stereocenters. The number of fused-ring (bicyclic) bond motifs is 1. The first-order chi connectivity index (χ1) is 6.74. The summed E-state index contributed by atoms with van der Waals surface area (Å²) in [5.41, 5.74) is 4.52. The van der Waals surface area contributed by atoms with Crippen LogP contribution in [-0.4, -0.2) is 6.04 Å². The van der Waals surface area contributed by atoms with Crippen LogP contribution in [0.2, 0.25) is 0 Å². The maximum Gasteiger partial charge on any atom is 0.0211 e. The number of benzene rings is 1. The summed E-state index contributed by atoms with van der Waals surface area (Å²) in [6.45, 7) is 7.87. The molecule has 2 unspecified atom stereocenters. The zero-order valence-electron chi connectivity index (χ0n) is 9.30. The van der Waals surface area contributed by atoms with Gasteiger partial charge in [-0.3, -0.25) is 0 Å². The Balaban J connectivity index is 2.43. The van der Waals surface area contributed by atoms with E-state index in [0.717, 1.165) is 6.54 Å². The fourth-order valence-corrected chi connectivity index (χ4v) is 2.66. The number of nitrogens with one attached hydrogen (secondary N) is 1. The summed E-state index contributed by atoms with van der Waals surface area (Å²) in [5.74, 6) is 0.657. The van der Waals surface area contributed by atoms with E-state index in [9.17, 15) is 0 Å². The van der Waals surface area contributed by atoms with E-state index in [1.54, 1.807) is 5.56 Å². The largest absolute Gasteiger partial charge is 0.309 e. The monoisotopic (exact) mass is 189 g/mol. The maximum absolute atomic E-state index is 3.60. The Hall–Kier alpha value is -0.820. The number of hydrogen-bond donors (Lipinski definition) is 1. The van der Waals surface area contributed by atoms with E-state index in [0.29, 0.717) is 12.0 Å². The molecule has 0 spiro atoms. The predicted molar refractivity (Wildman–Crippen MR) is 60.5 cm³/mol. The average Bonchev–Trinajstić information content (AvgIpc) is 2.18. The van der Waals surface area contributed by atoms with E-state index in [1.807, 2.05) is 0 Å². The lowest BCUT2D eigenvalue weighted by Crippen LogP contribution is -2.38. The second-order valence-corrected chi connectivity index (χ2v) is 4.33. The molecule has 2 rings (SSSR count). The van der Waals surface area contributed by atoms with Crippen LogP contribution in [0, 0.1) is 6.92 Å². The molecule has 1 heterocycles. The molecule has 1 aliphatic heterocycles. The SMILES string of the molecule is CCC1NCc2cccc(C)c2C1C. The lowest BCUT2D eigenvalue weighted by atomic mass is 9.82. The van der Waals surface area contributed by atoms with Crippen molar-refractivity contribution in [3.05, 3.63) is 34.9 Å². The van der Waals surface area contributed by atoms with Gasteiger partial charge in [-0.15, -0.1) is 0 Å². The zero-order chi connectivity index (χ0) is 10.1. The first-order valence-corrected chi connectivity index (χ1v) is 5.55. The molecule has 14 heavy (non-hydrogen) atoms. The van der Waals surface area contributed by atoms with Gasteiger partial charge >= 0.3 is 0 Å². The van der Waals surface area contributed by atoms with E-state index in [2.05, 4.69) is 44.3 Å². The van der Waals surface area contributed by atoms with E-state index < -0.39 is 0 Å². The van der Waals surface area contributed by atoms with Crippen LogP contribution in [0.5, 0.6) is 0 Å². The highest BCUT2D eigenvalue weighted by atomic mass is 14.9. The minimum absolute atomic E-state index is 0.656. The van der Waals surface area contributed by atoms with Gasteiger partial charge in [0, 0.05) is 12.6 Å². The van der Waals surface area contributed by atoms with Crippen molar-refractivity contribution in [3.8, 4) is 0 Å². The molecule has 1 aliphatic rings. The van der Waals surface area contributed by atoms with Crippen LogP contribution in [0.1, 0.15) is 42.9 Å². The van der Waals surface area contributed by atoms with Gasteiger partial charge in [-0.25, -0.2) is 0 Å². The van der Waals surface area contributed by atoms with Crippen molar-refractivity contribution in [1.82, 2.24) is 5.32 Å². The smallest absolute Gasteiger partial charge is 0.0211 e. The Morgan fingerprint density at radius 3 is 2.93 bits per heavy atom. The van der Waals surface area contributed by atoms with Gasteiger partial charge in [-0.05, 0) is 36.0 Å². The lowest BCUT2D eigenvalue weighted by molar-refractivity contribution is 0.408. The molecule has 1 nitrogen and oxygen atoms in total. The van der Waals surface area contributed by atoms with Gasteiger partial charge in [0.15, 0.2) is 0 Å². The number of aryl methyl sites for hydroxylation is 1. The molecule has 1 heteroatoms. The highest BCUT2D eigenvalue weighted by Crippen LogP contribution is 2.31. The van der Waals surface area contributed by atoms with Crippen LogP contribution in [0.3, 0.4) is 0 Å². The Morgan fingerprint density at radius 2 is 2.21 bits per heavy atom. The van der Waals surface area contributed by atoms with Gasteiger partial charge in [0.25, 0.3) is 0 Å². The van der Waals surface area contributed by atoms with Gasteiger partial charge in [0.05, 0.1) is 0 Å². The van der Waals surface area contributed by atoms with Crippen LogP contribution in [0.15, 0.2) is 18.2 Å². The Kier molecular flexibility index (Phi) is 2.60. The number of hydrogen-bond acceptors (Lipinski definition) is 1. The molecule has 0 fully saturated rings. The van der Waals surface area contributed by atoms with E-state index in [4.69, 9.17) is 0 Å². The van der Waals surface area contributed by atoms with Gasteiger partial charge in [0.2, 0.25) is 0 Å². The van der Waals surface area contributed by atoms with Crippen LogP contribution < -0.4 is 5.32 Å². The number of rotatable bonds is 1. The molecule has 0 saturated heterocycles. The van der Waals surface area contributed by atoms with Crippen molar-refractivity contribution in [2.75, 3.05) is 0 Å². The molecule has 1 N–H and O–H groups in total. The van der Waals surface area contributed by atoms with Gasteiger partial charge < -0.3 is 5.32 Å². The maximum atomic E-state index is 3.60. The molecule has 0 bridgehead atoms. The van der Waals surface area contributed by atoms with Crippen molar-refractivity contribution < 1.29 is 0 Å². The zero-order valence-corrected chi connectivity index (χ0v) is 9.30. The summed E-state index contributed by atoms with van der Waals surface area (Å²) in [6.07, 6.45) is 1.22. The lowest BCUT2D eigenvalue weighted by Gasteiger charge is -2.33. The molecular formula is C13H19N. The van der Waals surface area contributed by atoms with E-state index in [1.165, 1.54) is 17.5 Å². The first kappa shape index (κ1) is 9.72. The average molecular weight is 189 g/mol. The van der Waals surface area contributed by atoms with Crippen LogP contribution in [0.25, 0.3) is 0 Å². The molecule has 0 radical (unpaired) electrons. The topological polar surface area (TPSA) is 12.0 Å². The molecule has 76 valence electrons. The molecule has 0 aromatic heterocycles. The molecule has 0 amide bonds. The van der Waals surface area contributed by atoms with Crippen molar-refractivity contribution in [2.24, 2.45) is 0 Å². The second kappa shape index (κ2) is 3.74. The summed E-state index contributed by atoms with van der Waals surface area (Å²) in [4.78, 5) is 0. The quantitative estimate of drug-likeness (QED) is 0.716. The predicted octanol–water partition coefficient (Wildman–Crippen LogP) is 2.98. The normalized spacial score (nSPS) is 25.9. The molecule has 0 saturated carbocycles. The Morgan fingerprint density at radius 1 is 1.43 bits per heavy atom. The highest BCUT2D eigenvalue weighted by Gasteiger charge is 2.25. The fourth-order valence-electron chi connectivity index (χ4n) is 2.66. The fraction of sp³-hybridized carbons (Fsp3) is 0.538. The van der Waals surface area contributed by atoms with E-state index in [-0.39, 0.29) is 0 Å². The Labute approximate surface area is 86.5 Å². The van der Waals surface area contributed by atoms with Crippen LogP contribution in [0.4, 0.5) is 0 Å².